The van der Waals surface area contributed by atoms with Crippen LogP contribution < -0.4 is 4.52 Å². The second-order valence-electron chi connectivity index (χ2n) is 1.93. The Morgan fingerprint density at radius 3 is 1.91 bits per heavy atom. The molecule has 0 fully saturated rings. The zero-order valence-electron chi connectivity index (χ0n) is 7.29. The van der Waals surface area contributed by atoms with Gasteiger partial charge in [-0.05, 0) is 19.1 Å². The molecular weight excluding hydrogens is 155 g/mol. The fourth-order valence-corrected chi connectivity index (χ4v) is 0.774. The van der Waals surface area contributed by atoms with E-state index in [1.807, 2.05) is 45.0 Å². The van der Waals surface area contributed by atoms with Crippen molar-refractivity contribution in [1.82, 2.24) is 0 Å². The number of aryl methyl sites for hydroxylation is 1. The van der Waals surface area contributed by atoms with Crippen molar-refractivity contribution in [1.29, 1.82) is 0 Å². The van der Waals surface area contributed by atoms with E-state index in [4.69, 9.17) is 4.52 Å². The minimum absolute atomic E-state index is 0.880. The molecule has 0 aliphatic heterocycles. The average molecular weight is 170 g/mol. The maximum Gasteiger partial charge on any atom is 0.122 e. The van der Waals surface area contributed by atoms with Crippen molar-refractivity contribution < 1.29 is 4.52 Å². The molecule has 0 saturated carbocycles. The first-order valence-electron chi connectivity index (χ1n) is 3.76. The van der Waals surface area contributed by atoms with Crippen molar-refractivity contribution in [3.8, 4) is 5.75 Å². The van der Waals surface area contributed by atoms with Gasteiger partial charge in [0, 0.05) is 0 Å². The fourth-order valence-electron chi connectivity index (χ4n) is 0.617. The zero-order valence-corrected chi connectivity index (χ0v) is 8.45. The van der Waals surface area contributed by atoms with Gasteiger partial charge in [0.15, 0.2) is 0 Å². The lowest BCUT2D eigenvalue weighted by molar-refractivity contribution is 0.646. The van der Waals surface area contributed by atoms with Crippen molar-refractivity contribution in [2.75, 3.05) is 0 Å². The van der Waals surface area contributed by atoms with E-state index in [9.17, 15) is 0 Å². The van der Waals surface area contributed by atoms with Crippen molar-refractivity contribution in [3.63, 3.8) is 0 Å². The van der Waals surface area contributed by atoms with E-state index < -0.39 is 0 Å². The molecule has 11 heavy (non-hydrogen) atoms. The van der Waals surface area contributed by atoms with E-state index in [-0.39, 0.29) is 0 Å². The first kappa shape index (κ1) is 10.4. The van der Waals surface area contributed by atoms with E-state index in [2.05, 4.69) is 9.47 Å². The molecule has 0 bridgehead atoms. The summed E-state index contributed by atoms with van der Waals surface area (Å²) < 4.78 is 4.89. The molecular formula is C9H15OP. The van der Waals surface area contributed by atoms with Gasteiger partial charge in [-0.25, -0.2) is 0 Å². The Kier molecular flexibility index (Phi) is 5.87. The monoisotopic (exact) mass is 170 g/mol. The second-order valence-corrected chi connectivity index (χ2v) is 2.17. The Morgan fingerprint density at radius 1 is 1.09 bits per heavy atom. The molecule has 1 nitrogen and oxygen atoms in total. The van der Waals surface area contributed by atoms with Gasteiger partial charge in [-0.3, -0.25) is 0 Å². The van der Waals surface area contributed by atoms with Crippen LogP contribution in [0.4, 0.5) is 0 Å². The van der Waals surface area contributed by atoms with Gasteiger partial charge in [0.2, 0.25) is 0 Å². The third-order valence-corrected chi connectivity index (χ3v) is 1.43. The lowest BCUT2D eigenvalue weighted by Gasteiger charge is -1.96. The Bertz CT molecular complexity index is 181. The summed E-state index contributed by atoms with van der Waals surface area (Å²) in [4.78, 5) is 0. The molecule has 0 heterocycles. The predicted molar refractivity (Wildman–Crippen MR) is 52.9 cm³/mol. The van der Waals surface area contributed by atoms with Crippen molar-refractivity contribution >= 4 is 9.47 Å². The highest BCUT2D eigenvalue weighted by atomic mass is 31.0. The molecule has 0 N–H and O–H groups in total. The van der Waals surface area contributed by atoms with Gasteiger partial charge >= 0.3 is 0 Å². The number of rotatable bonds is 1. The smallest absolute Gasteiger partial charge is 0.122 e. The van der Waals surface area contributed by atoms with E-state index in [1.165, 1.54) is 5.56 Å². The van der Waals surface area contributed by atoms with Crippen molar-refractivity contribution in [2.45, 2.75) is 20.8 Å². The molecule has 1 unspecified atom stereocenters. The van der Waals surface area contributed by atoms with Gasteiger partial charge in [0.1, 0.15) is 5.75 Å². The quantitative estimate of drug-likeness (QED) is 0.588. The van der Waals surface area contributed by atoms with Gasteiger partial charge in [0.25, 0.3) is 0 Å². The summed E-state index contributed by atoms with van der Waals surface area (Å²) in [6.07, 6.45) is 0. The minimum Gasteiger partial charge on any atom is -0.480 e. The highest BCUT2D eigenvalue weighted by Crippen LogP contribution is 2.12. The number of benzene rings is 1. The van der Waals surface area contributed by atoms with Crippen LogP contribution in [0.1, 0.15) is 19.4 Å². The van der Waals surface area contributed by atoms with Gasteiger partial charge in [-0.15, -0.1) is 0 Å². The largest absolute Gasteiger partial charge is 0.480 e. The van der Waals surface area contributed by atoms with Gasteiger partial charge in [-0.2, -0.15) is 0 Å². The molecule has 2 heteroatoms. The van der Waals surface area contributed by atoms with Crippen LogP contribution in [0.3, 0.4) is 0 Å². The van der Waals surface area contributed by atoms with Crippen LogP contribution in [-0.4, -0.2) is 0 Å². The summed E-state index contributed by atoms with van der Waals surface area (Å²) >= 11 is 0. The Morgan fingerprint density at radius 2 is 1.55 bits per heavy atom. The van der Waals surface area contributed by atoms with Crippen molar-refractivity contribution in [2.24, 2.45) is 0 Å². The maximum absolute atomic E-state index is 4.89. The summed E-state index contributed by atoms with van der Waals surface area (Å²) in [6, 6.07) is 7.89. The fraction of sp³-hybridized carbons (Fsp3) is 0.333. The first-order chi connectivity index (χ1) is 5.33. The first-order valence-corrected chi connectivity index (χ1v) is 4.23. The van der Waals surface area contributed by atoms with E-state index in [1.54, 1.807) is 0 Å². The lowest BCUT2D eigenvalue weighted by Crippen LogP contribution is -1.73. The number of hydrogen-bond donors (Lipinski definition) is 0. The molecule has 0 radical (unpaired) electrons. The molecule has 0 aliphatic rings. The normalized spacial score (nSPS) is 8.00. The molecule has 0 saturated heterocycles. The summed E-state index contributed by atoms with van der Waals surface area (Å²) in [5, 5.41) is 0. The van der Waals surface area contributed by atoms with Crippen LogP contribution in [-0.2, 0) is 0 Å². The Labute approximate surface area is 71.1 Å². The minimum atomic E-state index is 0.880. The SMILES string of the molecule is CC.Cc1ccc(OP)cc1. The van der Waals surface area contributed by atoms with Gasteiger partial charge < -0.3 is 4.52 Å². The Hall–Kier alpha value is -0.550. The molecule has 0 spiro atoms. The molecule has 1 rings (SSSR count). The van der Waals surface area contributed by atoms with Gasteiger partial charge in [0.05, 0.1) is 9.47 Å². The summed E-state index contributed by atoms with van der Waals surface area (Å²) in [6.45, 7) is 6.05. The molecule has 62 valence electrons. The van der Waals surface area contributed by atoms with Crippen LogP contribution >= 0.6 is 9.47 Å². The molecule has 1 atom stereocenters. The van der Waals surface area contributed by atoms with Gasteiger partial charge in [-0.1, -0.05) is 31.5 Å². The van der Waals surface area contributed by atoms with Crippen LogP contribution in [0.2, 0.25) is 0 Å². The van der Waals surface area contributed by atoms with Crippen molar-refractivity contribution in [3.05, 3.63) is 29.8 Å². The van der Waals surface area contributed by atoms with E-state index in [0.717, 1.165) is 5.75 Å². The standard InChI is InChI=1S/C7H9OP.C2H6/c1-6-2-4-7(8-9)5-3-6;1-2/h2-5H,9H2,1H3;1-2H3. The third-order valence-electron chi connectivity index (χ3n) is 1.16. The zero-order chi connectivity index (χ0) is 8.69. The summed E-state index contributed by atoms with van der Waals surface area (Å²) in [5.41, 5.74) is 1.25. The molecule has 0 aromatic heterocycles. The van der Waals surface area contributed by atoms with Crippen LogP contribution in [0.25, 0.3) is 0 Å². The van der Waals surface area contributed by atoms with Crippen LogP contribution in [0.5, 0.6) is 5.75 Å². The third kappa shape index (κ3) is 4.00. The van der Waals surface area contributed by atoms with Crippen LogP contribution in [0.15, 0.2) is 24.3 Å². The Balaban J connectivity index is 0.000000461. The second kappa shape index (κ2) is 6.18. The van der Waals surface area contributed by atoms with E-state index in [0.29, 0.717) is 0 Å². The maximum atomic E-state index is 4.89. The highest BCUT2D eigenvalue weighted by Gasteiger charge is 1.85. The molecule has 0 aliphatic carbocycles. The number of hydrogen-bond acceptors (Lipinski definition) is 1. The average Bonchev–Trinajstić information content (AvgIpc) is 2.10. The topological polar surface area (TPSA) is 9.23 Å². The highest BCUT2D eigenvalue weighted by molar-refractivity contribution is 7.10. The summed E-state index contributed by atoms with van der Waals surface area (Å²) in [5.74, 6) is 0.880. The molecule has 1 aromatic rings. The molecule has 0 amide bonds. The predicted octanol–water partition coefficient (Wildman–Crippen LogP) is 3.19. The molecule has 1 aromatic carbocycles. The summed E-state index contributed by atoms with van der Waals surface area (Å²) in [7, 11) is 2.21. The van der Waals surface area contributed by atoms with E-state index >= 15 is 0 Å². The lowest BCUT2D eigenvalue weighted by atomic mass is 10.2. The van der Waals surface area contributed by atoms with Crippen LogP contribution in [0, 0.1) is 6.92 Å².